The summed E-state index contributed by atoms with van der Waals surface area (Å²) in [5.74, 6) is 0.0657. The zero-order valence-corrected chi connectivity index (χ0v) is 13.3. The first-order valence-electron chi connectivity index (χ1n) is 7.88. The Morgan fingerprint density at radius 3 is 1.83 bits per heavy atom. The topological polar surface area (TPSA) is 18.5 Å². The van der Waals surface area contributed by atoms with Crippen LogP contribution in [0.3, 0.4) is 0 Å². The first-order chi connectivity index (χ1) is 8.60. The molecular weight excluding hydrogens is 224 g/mol. The summed E-state index contributed by atoms with van der Waals surface area (Å²) in [6.07, 6.45) is 9.30. The van der Waals surface area contributed by atoms with Crippen molar-refractivity contribution in [1.82, 2.24) is 0 Å². The SMILES string of the molecule is CCCCCCCCC(C)C(C)(OCC)OCC. The van der Waals surface area contributed by atoms with Gasteiger partial charge in [-0.15, -0.1) is 0 Å². The lowest BCUT2D eigenvalue weighted by Crippen LogP contribution is -2.39. The lowest BCUT2D eigenvalue weighted by molar-refractivity contribution is -0.249. The van der Waals surface area contributed by atoms with E-state index in [2.05, 4.69) is 20.8 Å². The van der Waals surface area contributed by atoms with Crippen molar-refractivity contribution in [2.24, 2.45) is 5.92 Å². The molecule has 0 aromatic rings. The second kappa shape index (κ2) is 10.8. The molecule has 18 heavy (non-hydrogen) atoms. The van der Waals surface area contributed by atoms with Crippen molar-refractivity contribution < 1.29 is 9.47 Å². The lowest BCUT2D eigenvalue weighted by Gasteiger charge is -2.35. The monoisotopic (exact) mass is 258 g/mol. The Labute approximate surface area is 114 Å². The second-order valence-electron chi connectivity index (χ2n) is 5.34. The molecule has 0 saturated carbocycles. The molecule has 0 fully saturated rings. The highest BCUT2D eigenvalue weighted by atomic mass is 16.7. The fraction of sp³-hybridized carbons (Fsp3) is 1.00. The van der Waals surface area contributed by atoms with Crippen LogP contribution in [0.4, 0.5) is 0 Å². The van der Waals surface area contributed by atoms with Crippen LogP contribution in [-0.4, -0.2) is 19.0 Å². The Bertz CT molecular complexity index is 174. The van der Waals surface area contributed by atoms with Crippen LogP contribution in [0, 0.1) is 5.92 Å². The van der Waals surface area contributed by atoms with Crippen LogP contribution >= 0.6 is 0 Å². The summed E-state index contributed by atoms with van der Waals surface area (Å²) >= 11 is 0. The Balaban J connectivity index is 3.84. The third-order valence-electron chi connectivity index (χ3n) is 3.75. The van der Waals surface area contributed by atoms with E-state index in [0.717, 1.165) is 13.2 Å². The molecule has 0 heterocycles. The van der Waals surface area contributed by atoms with Crippen molar-refractivity contribution in [3.05, 3.63) is 0 Å². The van der Waals surface area contributed by atoms with E-state index in [1.807, 2.05) is 13.8 Å². The van der Waals surface area contributed by atoms with E-state index in [-0.39, 0.29) is 0 Å². The smallest absolute Gasteiger partial charge is 0.167 e. The van der Waals surface area contributed by atoms with Crippen molar-refractivity contribution in [3.8, 4) is 0 Å². The van der Waals surface area contributed by atoms with Gasteiger partial charge in [-0.25, -0.2) is 0 Å². The molecule has 2 heteroatoms. The van der Waals surface area contributed by atoms with Gasteiger partial charge in [0.15, 0.2) is 5.79 Å². The summed E-state index contributed by atoms with van der Waals surface area (Å²) in [7, 11) is 0. The molecule has 0 saturated heterocycles. The highest BCUT2D eigenvalue weighted by Crippen LogP contribution is 2.28. The van der Waals surface area contributed by atoms with Crippen LogP contribution in [0.15, 0.2) is 0 Å². The second-order valence-corrected chi connectivity index (χ2v) is 5.34. The van der Waals surface area contributed by atoms with Crippen LogP contribution < -0.4 is 0 Å². The highest BCUT2D eigenvalue weighted by molar-refractivity contribution is 4.71. The van der Waals surface area contributed by atoms with Crippen LogP contribution in [0.25, 0.3) is 0 Å². The molecule has 0 bridgehead atoms. The normalized spacial score (nSPS) is 13.8. The standard InChI is InChI=1S/C16H34O2/c1-6-9-10-11-12-13-14-15(4)16(5,17-7-2)18-8-3/h15H,6-14H2,1-5H3. The molecule has 0 spiro atoms. The number of hydrogen-bond acceptors (Lipinski definition) is 2. The van der Waals surface area contributed by atoms with Crippen LogP contribution in [0.5, 0.6) is 0 Å². The van der Waals surface area contributed by atoms with Gasteiger partial charge in [0.25, 0.3) is 0 Å². The lowest BCUT2D eigenvalue weighted by atomic mass is 9.94. The van der Waals surface area contributed by atoms with Gasteiger partial charge in [0.05, 0.1) is 0 Å². The van der Waals surface area contributed by atoms with E-state index in [1.165, 1.54) is 44.9 Å². The maximum absolute atomic E-state index is 5.81. The minimum absolute atomic E-state index is 0.396. The summed E-state index contributed by atoms with van der Waals surface area (Å²) in [4.78, 5) is 0. The van der Waals surface area contributed by atoms with Crippen molar-refractivity contribution in [1.29, 1.82) is 0 Å². The van der Waals surface area contributed by atoms with Gasteiger partial charge in [0.2, 0.25) is 0 Å². The molecule has 110 valence electrons. The zero-order chi connectivity index (χ0) is 13.9. The van der Waals surface area contributed by atoms with Crippen LogP contribution in [0.1, 0.15) is 79.6 Å². The number of rotatable bonds is 12. The number of hydrogen-bond donors (Lipinski definition) is 0. The van der Waals surface area contributed by atoms with Crippen LogP contribution in [0.2, 0.25) is 0 Å². The van der Waals surface area contributed by atoms with E-state index < -0.39 is 5.79 Å². The molecule has 2 nitrogen and oxygen atoms in total. The molecule has 0 N–H and O–H groups in total. The fourth-order valence-corrected chi connectivity index (χ4v) is 2.39. The molecule has 0 aromatic carbocycles. The molecule has 0 amide bonds. The van der Waals surface area contributed by atoms with Gasteiger partial charge in [-0.1, -0.05) is 52.4 Å². The summed E-state index contributed by atoms with van der Waals surface area (Å²) in [5.41, 5.74) is 0. The summed E-state index contributed by atoms with van der Waals surface area (Å²) in [5, 5.41) is 0. The maximum Gasteiger partial charge on any atom is 0.167 e. The summed E-state index contributed by atoms with van der Waals surface area (Å²) < 4.78 is 11.6. The fourth-order valence-electron chi connectivity index (χ4n) is 2.39. The molecule has 0 rings (SSSR count). The Morgan fingerprint density at radius 1 is 0.833 bits per heavy atom. The van der Waals surface area contributed by atoms with Crippen molar-refractivity contribution in [2.75, 3.05) is 13.2 Å². The van der Waals surface area contributed by atoms with Gasteiger partial charge in [-0.05, 0) is 27.2 Å². The number of ether oxygens (including phenoxy) is 2. The van der Waals surface area contributed by atoms with E-state index >= 15 is 0 Å². The third-order valence-corrected chi connectivity index (χ3v) is 3.75. The molecule has 0 aromatic heterocycles. The summed E-state index contributed by atoms with van der Waals surface area (Å²) in [6.45, 7) is 12.1. The molecule has 0 aliphatic heterocycles. The molecule has 0 radical (unpaired) electrons. The first-order valence-corrected chi connectivity index (χ1v) is 7.88. The predicted octanol–water partition coefficient (Wildman–Crippen LogP) is 5.16. The van der Waals surface area contributed by atoms with Gasteiger partial charge in [-0.2, -0.15) is 0 Å². The average molecular weight is 258 g/mol. The average Bonchev–Trinajstić information content (AvgIpc) is 2.34. The summed E-state index contributed by atoms with van der Waals surface area (Å²) in [6, 6.07) is 0. The molecular formula is C16H34O2. The van der Waals surface area contributed by atoms with Gasteiger partial charge in [-0.3, -0.25) is 0 Å². The predicted molar refractivity (Wildman–Crippen MR) is 78.8 cm³/mol. The molecule has 0 aliphatic rings. The molecule has 0 aliphatic carbocycles. The Morgan fingerprint density at radius 2 is 1.33 bits per heavy atom. The van der Waals surface area contributed by atoms with Gasteiger partial charge >= 0.3 is 0 Å². The number of unbranched alkanes of at least 4 members (excludes halogenated alkanes) is 5. The van der Waals surface area contributed by atoms with E-state index in [1.54, 1.807) is 0 Å². The quantitative estimate of drug-likeness (QED) is 0.355. The van der Waals surface area contributed by atoms with Crippen LogP contribution in [-0.2, 0) is 9.47 Å². The zero-order valence-electron chi connectivity index (χ0n) is 13.3. The first kappa shape index (κ1) is 17.9. The Kier molecular flexibility index (Phi) is 10.8. The van der Waals surface area contributed by atoms with Crippen molar-refractivity contribution in [3.63, 3.8) is 0 Å². The highest BCUT2D eigenvalue weighted by Gasteiger charge is 2.31. The largest absolute Gasteiger partial charge is 0.350 e. The Hall–Kier alpha value is -0.0800. The minimum atomic E-state index is -0.396. The van der Waals surface area contributed by atoms with Crippen molar-refractivity contribution >= 4 is 0 Å². The van der Waals surface area contributed by atoms with Gasteiger partial charge < -0.3 is 9.47 Å². The van der Waals surface area contributed by atoms with E-state index in [4.69, 9.17) is 9.47 Å². The van der Waals surface area contributed by atoms with E-state index in [0.29, 0.717) is 5.92 Å². The van der Waals surface area contributed by atoms with Crippen molar-refractivity contribution in [2.45, 2.75) is 85.4 Å². The van der Waals surface area contributed by atoms with E-state index in [9.17, 15) is 0 Å². The minimum Gasteiger partial charge on any atom is -0.350 e. The third kappa shape index (κ3) is 7.38. The maximum atomic E-state index is 5.81. The molecule has 1 atom stereocenters. The molecule has 1 unspecified atom stereocenters. The van der Waals surface area contributed by atoms with Gasteiger partial charge in [0.1, 0.15) is 0 Å². The van der Waals surface area contributed by atoms with Gasteiger partial charge in [0, 0.05) is 19.1 Å².